The van der Waals surface area contributed by atoms with Crippen molar-refractivity contribution in [2.75, 3.05) is 18.4 Å². The van der Waals surface area contributed by atoms with Gasteiger partial charge in [-0.25, -0.2) is 4.79 Å². The van der Waals surface area contributed by atoms with E-state index in [0.717, 1.165) is 6.42 Å². The topological polar surface area (TPSA) is 108 Å². The van der Waals surface area contributed by atoms with Gasteiger partial charge in [-0.3, -0.25) is 9.59 Å². The van der Waals surface area contributed by atoms with E-state index in [1.807, 2.05) is 6.07 Å². The predicted octanol–water partition coefficient (Wildman–Crippen LogP) is 1.26. The number of carbonyl (C=O) groups excluding carboxylic acids is 2. The minimum absolute atomic E-state index is 0.190. The summed E-state index contributed by atoms with van der Waals surface area (Å²) in [5, 5.41) is 3.14. The quantitative estimate of drug-likeness (QED) is 0.776. The van der Waals surface area contributed by atoms with Crippen molar-refractivity contribution < 1.29 is 9.59 Å². The van der Waals surface area contributed by atoms with E-state index in [1.54, 1.807) is 18.2 Å². The number of para-hydroxylation sites is 1. The molecule has 3 rings (SSSR count). The highest BCUT2D eigenvalue weighted by Crippen LogP contribution is 2.17. The van der Waals surface area contributed by atoms with E-state index in [0.29, 0.717) is 23.9 Å². The smallest absolute Gasteiger partial charge is 0.322 e. The zero-order valence-electron chi connectivity index (χ0n) is 12.5. The van der Waals surface area contributed by atoms with Crippen LogP contribution in [0, 0.1) is 5.92 Å². The van der Waals surface area contributed by atoms with E-state index in [1.165, 1.54) is 11.1 Å². The van der Waals surface area contributed by atoms with Gasteiger partial charge in [0.2, 0.25) is 11.3 Å². The van der Waals surface area contributed by atoms with Gasteiger partial charge in [0, 0.05) is 30.2 Å². The fourth-order valence-corrected chi connectivity index (χ4v) is 2.85. The Kier molecular flexibility index (Phi) is 4.01. The number of hydrogen-bond acceptors (Lipinski definition) is 3. The van der Waals surface area contributed by atoms with E-state index < -0.39 is 11.9 Å². The summed E-state index contributed by atoms with van der Waals surface area (Å²) in [6.45, 7) is 0.827. The predicted molar refractivity (Wildman–Crippen MR) is 87.1 cm³/mol. The van der Waals surface area contributed by atoms with E-state index in [9.17, 15) is 14.4 Å². The number of anilines is 1. The highest BCUT2D eigenvalue weighted by molar-refractivity contribution is 5.92. The van der Waals surface area contributed by atoms with Gasteiger partial charge in [0.05, 0.1) is 5.92 Å². The van der Waals surface area contributed by atoms with Crippen LogP contribution in [0.1, 0.15) is 12.8 Å². The molecular weight excluding hydrogens is 296 g/mol. The number of H-pyrrole nitrogens is 1. The molecule has 1 fully saturated rings. The van der Waals surface area contributed by atoms with Crippen LogP contribution in [-0.4, -0.2) is 34.9 Å². The number of likely N-dealkylation sites (tertiary alicyclic amines) is 1. The minimum atomic E-state index is -0.397. The number of nitrogens with two attached hydrogens (primary N) is 1. The molecule has 4 N–H and O–H groups in total. The number of carbonyl (C=O) groups is 2. The molecule has 2 aromatic rings. The molecule has 1 aliphatic rings. The lowest BCUT2D eigenvalue weighted by molar-refractivity contribution is -0.123. The Labute approximate surface area is 132 Å². The number of rotatable bonds is 2. The molecule has 0 saturated carbocycles. The number of primary amides is 1. The first-order valence-corrected chi connectivity index (χ1v) is 7.52. The number of nitrogens with zero attached hydrogens (tertiary/aromatic N) is 1. The number of fused-ring (bicyclic) bond motifs is 1. The first kappa shape index (κ1) is 15.1. The molecule has 7 heteroatoms. The highest BCUT2D eigenvalue weighted by Gasteiger charge is 2.27. The number of piperidine rings is 1. The van der Waals surface area contributed by atoms with Crippen LogP contribution in [0.15, 0.2) is 35.3 Å². The van der Waals surface area contributed by atoms with Crippen molar-refractivity contribution >= 4 is 28.5 Å². The molecule has 23 heavy (non-hydrogen) atoms. The first-order valence-electron chi connectivity index (χ1n) is 7.52. The van der Waals surface area contributed by atoms with Gasteiger partial charge in [0.25, 0.3) is 0 Å². The average Bonchev–Trinajstić information content (AvgIpc) is 2.57. The second-order valence-corrected chi connectivity index (χ2v) is 5.69. The normalized spacial score (nSPS) is 17.9. The molecule has 1 aromatic carbocycles. The summed E-state index contributed by atoms with van der Waals surface area (Å²) in [7, 11) is 0. The summed E-state index contributed by atoms with van der Waals surface area (Å²) in [4.78, 5) is 40.5. The molecular formula is C16H18N4O3. The Morgan fingerprint density at radius 3 is 2.87 bits per heavy atom. The molecule has 0 spiro atoms. The maximum Gasteiger partial charge on any atom is 0.322 e. The maximum atomic E-state index is 12.4. The summed E-state index contributed by atoms with van der Waals surface area (Å²) in [5.41, 5.74) is 5.98. The van der Waals surface area contributed by atoms with Gasteiger partial charge < -0.3 is 20.9 Å². The molecule has 2 heterocycles. The Bertz CT molecular complexity index is 814. The first-order chi connectivity index (χ1) is 11.1. The van der Waals surface area contributed by atoms with Crippen molar-refractivity contribution in [3.63, 3.8) is 0 Å². The second kappa shape index (κ2) is 6.12. The van der Waals surface area contributed by atoms with Crippen molar-refractivity contribution in [1.82, 2.24) is 9.88 Å². The van der Waals surface area contributed by atoms with Crippen LogP contribution < -0.4 is 16.5 Å². The summed E-state index contributed by atoms with van der Waals surface area (Å²) in [6, 6.07) is 6.70. The maximum absolute atomic E-state index is 12.4. The summed E-state index contributed by atoms with van der Waals surface area (Å²) in [5.74, 6) is -0.726. The number of pyridine rings is 1. The molecule has 3 amide bonds. The number of benzene rings is 1. The number of aromatic amines is 1. The number of aromatic nitrogens is 1. The monoisotopic (exact) mass is 314 g/mol. The molecule has 7 nitrogen and oxygen atoms in total. The van der Waals surface area contributed by atoms with Gasteiger partial charge in [0.1, 0.15) is 5.69 Å². The van der Waals surface area contributed by atoms with E-state index in [2.05, 4.69) is 10.3 Å². The fourth-order valence-electron chi connectivity index (χ4n) is 2.85. The molecule has 1 aliphatic heterocycles. The van der Waals surface area contributed by atoms with Crippen LogP contribution in [0.5, 0.6) is 0 Å². The zero-order valence-corrected chi connectivity index (χ0v) is 12.5. The van der Waals surface area contributed by atoms with Crippen LogP contribution >= 0.6 is 0 Å². The molecule has 1 atom stereocenters. The van der Waals surface area contributed by atoms with Gasteiger partial charge in [-0.2, -0.15) is 0 Å². The van der Waals surface area contributed by atoms with Crippen LogP contribution in [-0.2, 0) is 4.79 Å². The lowest BCUT2D eigenvalue weighted by Crippen LogP contribution is -2.46. The van der Waals surface area contributed by atoms with E-state index >= 15 is 0 Å². The fraction of sp³-hybridized carbons (Fsp3) is 0.312. The lowest BCUT2D eigenvalue weighted by atomic mass is 9.98. The number of urea groups is 1. The average molecular weight is 314 g/mol. The molecule has 1 aromatic heterocycles. The van der Waals surface area contributed by atoms with Crippen LogP contribution in [0.2, 0.25) is 0 Å². The van der Waals surface area contributed by atoms with Gasteiger partial charge in [-0.1, -0.05) is 12.1 Å². The zero-order chi connectivity index (χ0) is 16.4. The van der Waals surface area contributed by atoms with Gasteiger partial charge in [0.15, 0.2) is 0 Å². The SMILES string of the molecule is NC(=O)[C@@H]1CCCN(C(=O)Nc2c[nH]c3ccccc3c2=O)C1. The Hall–Kier alpha value is -2.83. The van der Waals surface area contributed by atoms with Crippen molar-refractivity contribution in [2.45, 2.75) is 12.8 Å². The van der Waals surface area contributed by atoms with E-state index in [-0.39, 0.29) is 23.6 Å². The minimum Gasteiger partial charge on any atom is -0.369 e. The number of amides is 3. The van der Waals surface area contributed by atoms with Crippen LogP contribution in [0.4, 0.5) is 10.5 Å². The molecule has 0 aliphatic carbocycles. The third-order valence-electron chi connectivity index (χ3n) is 4.14. The molecule has 1 saturated heterocycles. The molecule has 0 bridgehead atoms. The summed E-state index contributed by atoms with van der Waals surface area (Å²) < 4.78 is 0. The van der Waals surface area contributed by atoms with Crippen molar-refractivity contribution in [2.24, 2.45) is 11.7 Å². The highest BCUT2D eigenvalue weighted by atomic mass is 16.2. The summed E-state index contributed by atoms with van der Waals surface area (Å²) >= 11 is 0. The van der Waals surface area contributed by atoms with Crippen molar-refractivity contribution in [3.8, 4) is 0 Å². The summed E-state index contributed by atoms with van der Waals surface area (Å²) in [6.07, 6.45) is 2.89. The van der Waals surface area contributed by atoms with Crippen molar-refractivity contribution in [1.29, 1.82) is 0 Å². The van der Waals surface area contributed by atoms with Gasteiger partial charge in [-0.05, 0) is 25.0 Å². The van der Waals surface area contributed by atoms with Crippen LogP contribution in [0.25, 0.3) is 10.9 Å². The van der Waals surface area contributed by atoms with E-state index in [4.69, 9.17) is 5.73 Å². The third kappa shape index (κ3) is 3.03. The largest absolute Gasteiger partial charge is 0.369 e. The second-order valence-electron chi connectivity index (χ2n) is 5.69. The lowest BCUT2D eigenvalue weighted by Gasteiger charge is -2.31. The number of nitrogens with one attached hydrogen (secondary N) is 2. The third-order valence-corrected chi connectivity index (χ3v) is 4.14. The Morgan fingerprint density at radius 2 is 2.09 bits per heavy atom. The van der Waals surface area contributed by atoms with Gasteiger partial charge in [-0.15, -0.1) is 0 Å². The molecule has 0 unspecified atom stereocenters. The Balaban J connectivity index is 1.79. The van der Waals surface area contributed by atoms with Crippen molar-refractivity contribution in [3.05, 3.63) is 40.7 Å². The number of hydrogen-bond donors (Lipinski definition) is 3. The van der Waals surface area contributed by atoms with Gasteiger partial charge >= 0.3 is 6.03 Å². The molecule has 0 radical (unpaired) electrons. The Morgan fingerprint density at radius 1 is 1.30 bits per heavy atom. The standard InChI is InChI=1S/C16H18N4O3/c17-15(22)10-4-3-7-20(9-10)16(23)19-13-8-18-12-6-2-1-5-11(12)14(13)21/h1-2,5-6,8,10H,3-4,7,9H2,(H2,17,22)(H,18,21)(H,19,23)/t10-/m1/s1. The molecule has 120 valence electrons. The van der Waals surface area contributed by atoms with Crippen LogP contribution in [0.3, 0.4) is 0 Å².